The van der Waals surface area contributed by atoms with Crippen molar-refractivity contribution in [1.29, 1.82) is 0 Å². The number of hydrogen-bond acceptors (Lipinski definition) is 5. The normalized spacial score (nSPS) is 15.5. The smallest absolute Gasteiger partial charge is 0.244 e. The average molecular weight is 482 g/mol. The second kappa shape index (κ2) is 8.48. The van der Waals surface area contributed by atoms with Crippen LogP contribution < -0.4 is 4.90 Å². The number of benzene rings is 2. The Morgan fingerprint density at radius 1 is 0.967 bits per heavy atom. The first-order valence-electron chi connectivity index (χ1n) is 9.49. The van der Waals surface area contributed by atoms with Crippen LogP contribution >= 0.6 is 34.5 Å². The van der Waals surface area contributed by atoms with Crippen LogP contribution in [-0.4, -0.2) is 43.9 Å². The Labute approximate surface area is 190 Å². The first-order valence-corrected chi connectivity index (χ1v) is 12.6. The Balaban J connectivity index is 1.49. The number of sulfonamides is 1. The Morgan fingerprint density at radius 3 is 2.37 bits per heavy atom. The highest BCUT2D eigenvalue weighted by atomic mass is 35.5. The molecular weight excluding hydrogens is 461 g/mol. The number of aromatic nitrogens is 1. The Hall–Kier alpha value is -1.64. The van der Waals surface area contributed by atoms with Crippen molar-refractivity contribution in [3.63, 3.8) is 0 Å². The van der Waals surface area contributed by atoms with Crippen molar-refractivity contribution in [3.8, 4) is 11.3 Å². The molecule has 1 aliphatic heterocycles. The van der Waals surface area contributed by atoms with Crippen LogP contribution in [0.3, 0.4) is 0 Å². The third-order valence-electron chi connectivity index (χ3n) is 5.25. The van der Waals surface area contributed by atoms with E-state index in [1.807, 2.05) is 12.1 Å². The highest BCUT2D eigenvalue weighted by Crippen LogP contribution is 2.33. The highest BCUT2D eigenvalue weighted by Gasteiger charge is 2.31. The molecular formula is C21H21Cl2N3O2S2. The van der Waals surface area contributed by atoms with Crippen LogP contribution in [-0.2, 0) is 10.0 Å². The van der Waals surface area contributed by atoms with Crippen molar-refractivity contribution in [2.45, 2.75) is 18.7 Å². The predicted molar refractivity (Wildman–Crippen MR) is 124 cm³/mol. The lowest BCUT2D eigenvalue weighted by Gasteiger charge is -2.34. The molecule has 2 aromatic carbocycles. The van der Waals surface area contributed by atoms with Gasteiger partial charge in [0.15, 0.2) is 5.13 Å². The summed E-state index contributed by atoms with van der Waals surface area (Å²) in [5.41, 5.74) is 3.94. The molecule has 4 rings (SSSR count). The standard InChI is InChI=1S/C21H21Cl2N3O2S2/c1-14-5-3-4-6-16(14)19-13-29-21(24-19)25-7-9-26(10-8-25)30(27,28)20-11-15(2)17(22)12-18(20)23/h3-6,11-13H,7-10H2,1-2H3. The second-order valence-corrected chi connectivity index (χ2v) is 10.8. The maximum atomic E-state index is 13.1. The molecule has 0 spiro atoms. The first-order chi connectivity index (χ1) is 14.3. The van der Waals surface area contributed by atoms with E-state index < -0.39 is 10.0 Å². The summed E-state index contributed by atoms with van der Waals surface area (Å²) in [7, 11) is -3.68. The fraction of sp³-hybridized carbons (Fsp3) is 0.286. The largest absolute Gasteiger partial charge is 0.345 e. The van der Waals surface area contributed by atoms with Gasteiger partial charge in [-0.05, 0) is 37.1 Å². The lowest BCUT2D eigenvalue weighted by atomic mass is 10.1. The van der Waals surface area contributed by atoms with Crippen LogP contribution in [0.2, 0.25) is 10.0 Å². The third-order valence-corrected chi connectivity index (χ3v) is 8.93. The zero-order valence-electron chi connectivity index (χ0n) is 16.6. The van der Waals surface area contributed by atoms with Crippen LogP contribution in [0, 0.1) is 13.8 Å². The number of nitrogens with zero attached hydrogens (tertiary/aromatic N) is 3. The molecule has 1 aromatic heterocycles. The van der Waals surface area contributed by atoms with Gasteiger partial charge in [0, 0.05) is 42.1 Å². The minimum Gasteiger partial charge on any atom is -0.345 e. The van der Waals surface area contributed by atoms with Gasteiger partial charge in [-0.3, -0.25) is 0 Å². The number of halogens is 2. The van der Waals surface area contributed by atoms with E-state index in [1.165, 1.54) is 15.9 Å². The molecule has 1 fully saturated rings. The van der Waals surface area contributed by atoms with Gasteiger partial charge in [-0.25, -0.2) is 13.4 Å². The summed E-state index contributed by atoms with van der Waals surface area (Å²) >= 11 is 13.8. The maximum Gasteiger partial charge on any atom is 0.244 e. The van der Waals surface area contributed by atoms with Gasteiger partial charge in [0.1, 0.15) is 4.90 Å². The number of anilines is 1. The zero-order chi connectivity index (χ0) is 21.5. The molecule has 9 heteroatoms. The fourth-order valence-electron chi connectivity index (χ4n) is 3.48. The summed E-state index contributed by atoms with van der Waals surface area (Å²) in [5, 5.41) is 3.57. The summed E-state index contributed by atoms with van der Waals surface area (Å²) in [5.74, 6) is 0. The molecule has 1 aliphatic rings. The molecule has 0 saturated carbocycles. The van der Waals surface area contributed by atoms with E-state index in [0.29, 0.717) is 36.8 Å². The van der Waals surface area contributed by atoms with Gasteiger partial charge in [-0.1, -0.05) is 47.5 Å². The molecule has 3 aromatic rings. The van der Waals surface area contributed by atoms with E-state index in [2.05, 4.69) is 29.3 Å². The van der Waals surface area contributed by atoms with E-state index in [9.17, 15) is 8.42 Å². The van der Waals surface area contributed by atoms with Crippen LogP contribution in [0.5, 0.6) is 0 Å². The fourth-order valence-corrected chi connectivity index (χ4v) is 6.59. The molecule has 0 atom stereocenters. The minimum atomic E-state index is -3.68. The van der Waals surface area contributed by atoms with Crippen LogP contribution in [0.1, 0.15) is 11.1 Å². The van der Waals surface area contributed by atoms with Crippen molar-refractivity contribution in [2.75, 3.05) is 31.1 Å². The van der Waals surface area contributed by atoms with Gasteiger partial charge in [0.25, 0.3) is 0 Å². The Bertz CT molecular complexity index is 1190. The van der Waals surface area contributed by atoms with Crippen molar-refractivity contribution >= 4 is 49.7 Å². The van der Waals surface area contributed by atoms with Crippen molar-refractivity contribution in [1.82, 2.24) is 9.29 Å². The zero-order valence-corrected chi connectivity index (χ0v) is 19.7. The summed E-state index contributed by atoms with van der Waals surface area (Å²) in [6, 6.07) is 11.2. The number of thiazole rings is 1. The summed E-state index contributed by atoms with van der Waals surface area (Å²) < 4.78 is 27.7. The molecule has 30 heavy (non-hydrogen) atoms. The van der Waals surface area contributed by atoms with Crippen molar-refractivity contribution in [2.24, 2.45) is 0 Å². The molecule has 0 aliphatic carbocycles. The number of piperazine rings is 1. The van der Waals surface area contributed by atoms with E-state index in [1.54, 1.807) is 24.3 Å². The average Bonchev–Trinajstić information content (AvgIpc) is 3.21. The molecule has 5 nitrogen and oxygen atoms in total. The van der Waals surface area contributed by atoms with E-state index >= 15 is 0 Å². The third kappa shape index (κ3) is 4.09. The lowest BCUT2D eigenvalue weighted by molar-refractivity contribution is 0.385. The molecule has 0 radical (unpaired) electrons. The second-order valence-electron chi connectivity index (χ2n) is 7.25. The first kappa shape index (κ1) is 21.6. The number of rotatable bonds is 4. The monoisotopic (exact) mass is 481 g/mol. The maximum absolute atomic E-state index is 13.1. The number of hydrogen-bond donors (Lipinski definition) is 0. The molecule has 0 N–H and O–H groups in total. The van der Waals surface area contributed by atoms with Gasteiger partial charge in [-0.15, -0.1) is 11.3 Å². The van der Waals surface area contributed by atoms with Gasteiger partial charge in [-0.2, -0.15) is 4.31 Å². The SMILES string of the molecule is Cc1cc(S(=O)(=O)N2CCN(c3nc(-c4ccccc4C)cs3)CC2)c(Cl)cc1Cl. The Kier molecular flexibility index (Phi) is 6.10. The van der Waals surface area contributed by atoms with Crippen molar-refractivity contribution < 1.29 is 8.42 Å². The highest BCUT2D eigenvalue weighted by molar-refractivity contribution is 7.89. The van der Waals surface area contributed by atoms with Gasteiger partial charge in [0.2, 0.25) is 10.0 Å². The van der Waals surface area contributed by atoms with Crippen LogP contribution in [0.25, 0.3) is 11.3 Å². The molecule has 0 unspecified atom stereocenters. The molecule has 158 valence electrons. The van der Waals surface area contributed by atoms with Gasteiger partial charge < -0.3 is 4.90 Å². The molecule has 2 heterocycles. The van der Waals surface area contributed by atoms with Crippen molar-refractivity contribution in [3.05, 3.63) is 63.0 Å². The lowest BCUT2D eigenvalue weighted by Crippen LogP contribution is -2.48. The molecule has 0 bridgehead atoms. The molecule has 0 amide bonds. The minimum absolute atomic E-state index is 0.107. The van der Waals surface area contributed by atoms with Crippen LogP contribution in [0.15, 0.2) is 46.7 Å². The summed E-state index contributed by atoms with van der Waals surface area (Å²) in [6.45, 7) is 5.74. The van der Waals surface area contributed by atoms with Crippen LogP contribution in [0.4, 0.5) is 5.13 Å². The number of aryl methyl sites for hydroxylation is 2. The van der Waals surface area contributed by atoms with Gasteiger partial charge in [0.05, 0.1) is 10.7 Å². The predicted octanol–water partition coefficient (Wildman–Crippen LogP) is 5.24. The topological polar surface area (TPSA) is 53.5 Å². The van der Waals surface area contributed by atoms with E-state index in [4.69, 9.17) is 28.2 Å². The summed E-state index contributed by atoms with van der Waals surface area (Å²) in [6.07, 6.45) is 0. The Morgan fingerprint density at radius 2 is 1.67 bits per heavy atom. The van der Waals surface area contributed by atoms with E-state index in [-0.39, 0.29) is 9.92 Å². The quantitative estimate of drug-likeness (QED) is 0.510. The molecule has 1 saturated heterocycles. The van der Waals surface area contributed by atoms with Gasteiger partial charge >= 0.3 is 0 Å². The summed E-state index contributed by atoms with van der Waals surface area (Å²) in [4.78, 5) is 7.03. The van der Waals surface area contributed by atoms with E-state index in [0.717, 1.165) is 16.4 Å².